The first-order valence-corrected chi connectivity index (χ1v) is 4.41. The molecule has 0 amide bonds. The minimum absolute atomic E-state index is 0.0508. The summed E-state index contributed by atoms with van der Waals surface area (Å²) in [5, 5.41) is 13.3. The fourth-order valence-corrected chi connectivity index (χ4v) is 1.52. The molecular weight excluding hydrogens is 198 g/mol. The molecule has 0 spiro atoms. The van der Waals surface area contributed by atoms with Gasteiger partial charge in [-0.25, -0.2) is 0 Å². The van der Waals surface area contributed by atoms with Gasteiger partial charge in [0.1, 0.15) is 19.4 Å². The Kier molecular flexibility index (Phi) is 2.37. The van der Waals surface area contributed by atoms with Gasteiger partial charge < -0.3 is 19.4 Å². The highest BCUT2D eigenvalue weighted by Gasteiger charge is 2.25. The second-order valence-corrected chi connectivity index (χ2v) is 3.00. The van der Waals surface area contributed by atoms with Crippen molar-refractivity contribution in [3.8, 4) is 17.2 Å². The summed E-state index contributed by atoms with van der Waals surface area (Å²) < 4.78 is 10.4. The summed E-state index contributed by atoms with van der Waals surface area (Å²) in [5.74, 6) is 0.886. The van der Waals surface area contributed by atoms with E-state index in [1.54, 1.807) is 6.07 Å². The Bertz CT molecular complexity index is 414. The molecule has 1 aliphatic heterocycles. The topological polar surface area (TPSA) is 60.3 Å². The third-order valence-corrected chi connectivity index (χ3v) is 2.16. The van der Waals surface area contributed by atoms with Crippen LogP contribution in [0.1, 0.15) is 5.56 Å². The van der Waals surface area contributed by atoms with Crippen molar-refractivity contribution in [1.82, 2.24) is 0 Å². The van der Waals surface area contributed by atoms with E-state index in [0.717, 1.165) is 5.56 Å². The van der Waals surface area contributed by atoms with E-state index in [0.29, 0.717) is 23.8 Å². The maximum atomic E-state index is 9.51. The number of nitrogens with zero attached hydrogens (tertiary/aromatic N) is 1. The molecule has 1 N–H and O–H groups in total. The Morgan fingerprint density at radius 1 is 1.40 bits per heavy atom. The summed E-state index contributed by atoms with van der Waals surface area (Å²) in [6.07, 6.45) is 0. The zero-order valence-electron chi connectivity index (χ0n) is 8.48. The second-order valence-electron chi connectivity index (χ2n) is 3.00. The van der Waals surface area contributed by atoms with Crippen LogP contribution in [0.3, 0.4) is 0 Å². The summed E-state index contributed by atoms with van der Waals surface area (Å²) in [6.45, 7) is 0.322. The molecule has 5 heteroatoms. The number of oxime groups is 1. The molecule has 15 heavy (non-hydrogen) atoms. The fourth-order valence-electron chi connectivity index (χ4n) is 1.52. The maximum Gasteiger partial charge on any atom is 0.203 e. The van der Waals surface area contributed by atoms with E-state index < -0.39 is 0 Å². The summed E-state index contributed by atoms with van der Waals surface area (Å²) in [4.78, 5) is 4.69. The second kappa shape index (κ2) is 3.68. The van der Waals surface area contributed by atoms with Crippen LogP contribution in [0.2, 0.25) is 0 Å². The van der Waals surface area contributed by atoms with E-state index in [1.807, 2.05) is 0 Å². The molecule has 0 saturated carbocycles. The van der Waals surface area contributed by atoms with Gasteiger partial charge in [0.05, 0.1) is 7.11 Å². The number of benzene rings is 1. The SMILES string of the molecule is CON=C1COc2c1ccc(O)c2OC. The third-order valence-electron chi connectivity index (χ3n) is 2.16. The van der Waals surface area contributed by atoms with E-state index in [-0.39, 0.29) is 5.75 Å². The highest BCUT2D eigenvalue weighted by atomic mass is 16.6. The van der Waals surface area contributed by atoms with Crippen molar-refractivity contribution in [2.75, 3.05) is 20.8 Å². The van der Waals surface area contributed by atoms with Crippen molar-refractivity contribution in [3.63, 3.8) is 0 Å². The Hall–Kier alpha value is -1.91. The van der Waals surface area contributed by atoms with Gasteiger partial charge in [0.2, 0.25) is 5.75 Å². The van der Waals surface area contributed by atoms with E-state index in [2.05, 4.69) is 5.16 Å². The summed E-state index contributed by atoms with van der Waals surface area (Å²) in [6, 6.07) is 3.26. The first kappa shape index (κ1) is 9.64. The molecule has 0 aromatic heterocycles. The summed E-state index contributed by atoms with van der Waals surface area (Å²) in [5.41, 5.74) is 1.47. The third kappa shape index (κ3) is 1.45. The number of phenols is 1. The van der Waals surface area contributed by atoms with Crippen molar-refractivity contribution in [1.29, 1.82) is 0 Å². The van der Waals surface area contributed by atoms with Crippen LogP contribution in [0, 0.1) is 0 Å². The zero-order chi connectivity index (χ0) is 10.8. The summed E-state index contributed by atoms with van der Waals surface area (Å²) >= 11 is 0. The molecule has 0 fully saturated rings. The summed E-state index contributed by atoms with van der Waals surface area (Å²) in [7, 11) is 2.95. The Balaban J connectivity index is 2.53. The number of fused-ring (bicyclic) bond motifs is 1. The van der Waals surface area contributed by atoms with Crippen LogP contribution in [0.25, 0.3) is 0 Å². The van der Waals surface area contributed by atoms with E-state index in [1.165, 1.54) is 20.3 Å². The lowest BCUT2D eigenvalue weighted by molar-refractivity contribution is 0.211. The quantitative estimate of drug-likeness (QED) is 0.742. The van der Waals surface area contributed by atoms with E-state index >= 15 is 0 Å². The van der Waals surface area contributed by atoms with Crippen LogP contribution in [-0.2, 0) is 4.84 Å². The Morgan fingerprint density at radius 2 is 2.20 bits per heavy atom. The molecule has 1 aromatic rings. The minimum Gasteiger partial charge on any atom is -0.504 e. The fraction of sp³-hybridized carbons (Fsp3) is 0.300. The average Bonchev–Trinajstić information content (AvgIpc) is 2.62. The van der Waals surface area contributed by atoms with Crippen molar-refractivity contribution >= 4 is 5.71 Å². The molecule has 80 valence electrons. The lowest BCUT2D eigenvalue weighted by atomic mass is 10.1. The lowest BCUT2D eigenvalue weighted by Crippen LogP contribution is -2.02. The maximum absolute atomic E-state index is 9.51. The number of hydrogen-bond acceptors (Lipinski definition) is 5. The minimum atomic E-state index is 0.0508. The molecule has 0 aliphatic carbocycles. The van der Waals surface area contributed by atoms with E-state index in [4.69, 9.17) is 14.3 Å². The predicted octanol–water partition coefficient (Wildman–Crippen LogP) is 1.14. The van der Waals surface area contributed by atoms with Crippen LogP contribution >= 0.6 is 0 Å². The van der Waals surface area contributed by atoms with Gasteiger partial charge in [0.15, 0.2) is 11.5 Å². The average molecular weight is 209 g/mol. The number of phenolic OH excluding ortho intramolecular Hbond substituents is 1. The molecule has 5 nitrogen and oxygen atoms in total. The predicted molar refractivity (Wildman–Crippen MR) is 53.7 cm³/mol. The Labute approximate surface area is 86.9 Å². The van der Waals surface area contributed by atoms with E-state index in [9.17, 15) is 5.11 Å². The van der Waals surface area contributed by atoms with Gasteiger partial charge in [-0.05, 0) is 12.1 Å². The van der Waals surface area contributed by atoms with Gasteiger partial charge in [0, 0.05) is 5.56 Å². The van der Waals surface area contributed by atoms with Crippen LogP contribution in [0.4, 0.5) is 0 Å². The van der Waals surface area contributed by atoms with Gasteiger partial charge >= 0.3 is 0 Å². The van der Waals surface area contributed by atoms with Gasteiger partial charge in [0.25, 0.3) is 0 Å². The molecule has 1 heterocycles. The largest absolute Gasteiger partial charge is 0.504 e. The van der Waals surface area contributed by atoms with Crippen molar-refractivity contribution < 1.29 is 19.4 Å². The lowest BCUT2D eigenvalue weighted by Gasteiger charge is -2.07. The molecule has 0 bridgehead atoms. The molecule has 0 atom stereocenters. The zero-order valence-corrected chi connectivity index (χ0v) is 8.48. The highest BCUT2D eigenvalue weighted by molar-refractivity contribution is 6.07. The molecule has 0 radical (unpaired) electrons. The van der Waals surface area contributed by atoms with Crippen LogP contribution in [0.5, 0.6) is 17.2 Å². The smallest absolute Gasteiger partial charge is 0.203 e. The Morgan fingerprint density at radius 3 is 2.87 bits per heavy atom. The highest BCUT2D eigenvalue weighted by Crippen LogP contribution is 2.42. The van der Waals surface area contributed by atoms with Gasteiger partial charge in [-0.3, -0.25) is 0 Å². The molecule has 0 saturated heterocycles. The van der Waals surface area contributed by atoms with Gasteiger partial charge in [-0.1, -0.05) is 5.16 Å². The van der Waals surface area contributed by atoms with Crippen molar-refractivity contribution in [3.05, 3.63) is 17.7 Å². The van der Waals surface area contributed by atoms with Crippen LogP contribution in [-0.4, -0.2) is 31.6 Å². The van der Waals surface area contributed by atoms with Gasteiger partial charge in [-0.2, -0.15) is 0 Å². The number of methoxy groups -OCH3 is 1. The number of aromatic hydroxyl groups is 1. The number of ether oxygens (including phenoxy) is 2. The van der Waals surface area contributed by atoms with Crippen molar-refractivity contribution in [2.45, 2.75) is 0 Å². The first-order chi connectivity index (χ1) is 7.27. The molecule has 2 rings (SSSR count). The molecule has 0 unspecified atom stereocenters. The standard InChI is InChI=1S/C10H11NO4/c1-13-10-8(12)4-3-6-7(11-14-2)5-15-9(6)10/h3-4,12H,5H2,1-2H3. The molecule has 1 aliphatic rings. The van der Waals surface area contributed by atoms with Crippen LogP contribution in [0.15, 0.2) is 17.3 Å². The monoisotopic (exact) mass is 209 g/mol. The van der Waals surface area contributed by atoms with Gasteiger partial charge in [-0.15, -0.1) is 0 Å². The molecule has 1 aromatic carbocycles. The normalized spacial score (nSPS) is 16.0. The molecular formula is C10H11NO4. The first-order valence-electron chi connectivity index (χ1n) is 4.41. The van der Waals surface area contributed by atoms with Crippen LogP contribution < -0.4 is 9.47 Å². The number of hydrogen-bond donors (Lipinski definition) is 1. The number of rotatable bonds is 2. The van der Waals surface area contributed by atoms with Crippen molar-refractivity contribution in [2.24, 2.45) is 5.16 Å².